The highest BCUT2D eigenvalue weighted by atomic mass is 16.5. The van der Waals surface area contributed by atoms with E-state index in [1.807, 2.05) is 0 Å². The van der Waals surface area contributed by atoms with Gasteiger partial charge in [0.05, 0.1) is 18.8 Å². The molecule has 18 heavy (non-hydrogen) atoms. The first-order valence-electron chi connectivity index (χ1n) is 7.63. The van der Waals surface area contributed by atoms with Crippen LogP contribution in [0.3, 0.4) is 0 Å². The quantitative estimate of drug-likeness (QED) is 0.577. The molecule has 0 unspecified atom stereocenters. The maximum atomic E-state index is 6.06. The number of ether oxygens (including phenoxy) is 2. The van der Waals surface area contributed by atoms with Gasteiger partial charge in [-0.3, -0.25) is 0 Å². The maximum Gasteiger partial charge on any atom is 0.0708 e. The summed E-state index contributed by atoms with van der Waals surface area (Å²) in [7, 11) is 0. The molecule has 0 spiro atoms. The van der Waals surface area contributed by atoms with Crippen LogP contribution in [0.4, 0.5) is 0 Å². The van der Waals surface area contributed by atoms with E-state index >= 15 is 0 Å². The van der Waals surface area contributed by atoms with E-state index in [0.29, 0.717) is 6.04 Å². The Labute approximate surface area is 113 Å². The van der Waals surface area contributed by atoms with Crippen molar-refractivity contribution in [3.05, 3.63) is 0 Å². The predicted molar refractivity (Wildman–Crippen MR) is 76.0 cm³/mol. The van der Waals surface area contributed by atoms with Gasteiger partial charge in [0.1, 0.15) is 0 Å². The lowest BCUT2D eigenvalue weighted by molar-refractivity contribution is -0.118. The molecule has 0 atom stereocenters. The number of nitrogens with one attached hydrogen (secondary N) is 1. The molecule has 0 aromatic carbocycles. The first-order chi connectivity index (χ1) is 8.68. The van der Waals surface area contributed by atoms with E-state index in [9.17, 15) is 0 Å². The lowest BCUT2D eigenvalue weighted by atomic mass is 9.77. The van der Waals surface area contributed by atoms with Crippen LogP contribution in [0.25, 0.3) is 0 Å². The van der Waals surface area contributed by atoms with Crippen molar-refractivity contribution in [3.63, 3.8) is 0 Å². The molecule has 0 aromatic heterocycles. The molecular weight excluding hydrogens is 226 g/mol. The molecule has 0 bridgehead atoms. The van der Waals surface area contributed by atoms with Crippen molar-refractivity contribution in [1.29, 1.82) is 0 Å². The highest BCUT2D eigenvalue weighted by Gasteiger charge is 2.37. The van der Waals surface area contributed by atoms with E-state index in [1.165, 1.54) is 25.7 Å². The molecule has 0 aliphatic heterocycles. The van der Waals surface area contributed by atoms with E-state index in [1.54, 1.807) is 0 Å². The Balaban J connectivity index is 2.05. The zero-order chi connectivity index (χ0) is 13.3. The molecule has 1 rings (SSSR count). The third-order valence-electron chi connectivity index (χ3n) is 3.68. The fraction of sp³-hybridized carbons (Fsp3) is 1.00. The Kier molecular flexibility index (Phi) is 7.87. The molecule has 0 radical (unpaired) electrons. The Hall–Kier alpha value is -0.120. The number of hydrogen-bond acceptors (Lipinski definition) is 3. The Morgan fingerprint density at radius 2 is 1.94 bits per heavy atom. The topological polar surface area (TPSA) is 30.5 Å². The smallest absolute Gasteiger partial charge is 0.0708 e. The van der Waals surface area contributed by atoms with Crippen LogP contribution in [0, 0.1) is 0 Å². The van der Waals surface area contributed by atoms with Crippen molar-refractivity contribution in [2.24, 2.45) is 0 Å². The second-order valence-corrected chi connectivity index (χ2v) is 5.71. The summed E-state index contributed by atoms with van der Waals surface area (Å²) in [6.07, 6.45) is 7.26. The summed E-state index contributed by atoms with van der Waals surface area (Å²) < 4.78 is 11.6. The van der Waals surface area contributed by atoms with E-state index in [4.69, 9.17) is 9.47 Å². The summed E-state index contributed by atoms with van der Waals surface area (Å²) in [5, 5.41) is 3.48. The minimum atomic E-state index is 0.163. The van der Waals surface area contributed by atoms with Gasteiger partial charge >= 0.3 is 0 Å². The van der Waals surface area contributed by atoms with Gasteiger partial charge in [-0.15, -0.1) is 0 Å². The zero-order valence-corrected chi connectivity index (χ0v) is 12.5. The molecule has 1 fully saturated rings. The van der Waals surface area contributed by atoms with Crippen molar-refractivity contribution in [2.45, 2.75) is 70.9 Å². The van der Waals surface area contributed by atoms with Crippen molar-refractivity contribution < 1.29 is 9.47 Å². The van der Waals surface area contributed by atoms with Gasteiger partial charge in [-0.05, 0) is 38.6 Å². The van der Waals surface area contributed by atoms with Crippen molar-refractivity contribution in [1.82, 2.24) is 5.32 Å². The van der Waals surface area contributed by atoms with E-state index in [-0.39, 0.29) is 5.60 Å². The monoisotopic (exact) mass is 257 g/mol. The van der Waals surface area contributed by atoms with E-state index in [0.717, 1.165) is 39.2 Å². The van der Waals surface area contributed by atoms with Crippen LogP contribution in [0.5, 0.6) is 0 Å². The number of hydrogen-bond donors (Lipinski definition) is 1. The summed E-state index contributed by atoms with van der Waals surface area (Å²) in [6, 6.07) is 0.569. The third-order valence-corrected chi connectivity index (χ3v) is 3.68. The second kappa shape index (κ2) is 8.89. The van der Waals surface area contributed by atoms with Gasteiger partial charge in [-0.1, -0.05) is 27.2 Å². The lowest BCUT2D eigenvalue weighted by Crippen LogP contribution is -2.44. The van der Waals surface area contributed by atoms with Crippen LogP contribution in [-0.4, -0.2) is 38.0 Å². The van der Waals surface area contributed by atoms with E-state index < -0.39 is 0 Å². The highest BCUT2D eigenvalue weighted by Crippen LogP contribution is 2.38. The average molecular weight is 257 g/mol. The Bertz CT molecular complexity index is 203. The van der Waals surface area contributed by atoms with Crippen molar-refractivity contribution in [2.75, 3.05) is 26.4 Å². The van der Waals surface area contributed by atoms with Gasteiger partial charge in [0.15, 0.2) is 0 Å². The molecule has 1 N–H and O–H groups in total. The zero-order valence-electron chi connectivity index (χ0n) is 12.5. The molecule has 1 aliphatic carbocycles. The number of unbranched alkanes of at least 4 members (excludes halogenated alkanes) is 1. The SMILES string of the molecule is CCCCOCCOC1(CCNC(C)C)CCC1. The van der Waals surface area contributed by atoms with Crippen molar-refractivity contribution in [3.8, 4) is 0 Å². The summed E-state index contributed by atoms with van der Waals surface area (Å²) in [5.41, 5.74) is 0.163. The molecular formula is C15H31NO2. The molecule has 0 aromatic rings. The normalized spacial score (nSPS) is 18.0. The molecule has 0 heterocycles. The minimum absolute atomic E-state index is 0.163. The maximum absolute atomic E-state index is 6.06. The molecule has 0 amide bonds. The van der Waals surface area contributed by atoms with Gasteiger partial charge < -0.3 is 14.8 Å². The highest BCUT2D eigenvalue weighted by molar-refractivity contribution is 4.90. The van der Waals surface area contributed by atoms with Crippen LogP contribution in [0.2, 0.25) is 0 Å². The van der Waals surface area contributed by atoms with Gasteiger partial charge in [-0.25, -0.2) is 0 Å². The minimum Gasteiger partial charge on any atom is -0.379 e. The molecule has 3 nitrogen and oxygen atoms in total. The summed E-state index contributed by atoms with van der Waals surface area (Å²) in [6.45, 7) is 10.0. The van der Waals surface area contributed by atoms with Crippen LogP contribution >= 0.6 is 0 Å². The van der Waals surface area contributed by atoms with Gasteiger partial charge in [-0.2, -0.15) is 0 Å². The summed E-state index contributed by atoms with van der Waals surface area (Å²) in [4.78, 5) is 0. The molecule has 1 saturated carbocycles. The first kappa shape index (κ1) is 15.9. The van der Waals surface area contributed by atoms with E-state index in [2.05, 4.69) is 26.1 Å². The Morgan fingerprint density at radius 1 is 1.17 bits per heavy atom. The third kappa shape index (κ3) is 6.17. The second-order valence-electron chi connectivity index (χ2n) is 5.71. The summed E-state index contributed by atoms with van der Waals surface area (Å²) in [5.74, 6) is 0. The molecule has 3 heteroatoms. The standard InChI is InChI=1S/C15H31NO2/c1-4-5-11-17-12-13-18-15(7-6-8-15)9-10-16-14(2)3/h14,16H,4-13H2,1-3H3. The molecule has 0 saturated heterocycles. The largest absolute Gasteiger partial charge is 0.379 e. The first-order valence-corrected chi connectivity index (χ1v) is 7.63. The fourth-order valence-electron chi connectivity index (χ4n) is 2.29. The van der Waals surface area contributed by atoms with Gasteiger partial charge in [0.25, 0.3) is 0 Å². The number of rotatable bonds is 11. The average Bonchev–Trinajstić information content (AvgIpc) is 2.28. The van der Waals surface area contributed by atoms with Gasteiger partial charge in [0, 0.05) is 12.6 Å². The van der Waals surface area contributed by atoms with Crippen LogP contribution in [-0.2, 0) is 9.47 Å². The van der Waals surface area contributed by atoms with Crippen LogP contribution in [0.15, 0.2) is 0 Å². The fourth-order valence-corrected chi connectivity index (χ4v) is 2.29. The van der Waals surface area contributed by atoms with Crippen LogP contribution < -0.4 is 5.32 Å². The van der Waals surface area contributed by atoms with Crippen LogP contribution in [0.1, 0.15) is 59.3 Å². The summed E-state index contributed by atoms with van der Waals surface area (Å²) >= 11 is 0. The lowest BCUT2D eigenvalue weighted by Gasteiger charge is -2.42. The Morgan fingerprint density at radius 3 is 2.50 bits per heavy atom. The molecule has 108 valence electrons. The van der Waals surface area contributed by atoms with Crippen molar-refractivity contribution >= 4 is 0 Å². The van der Waals surface area contributed by atoms with Gasteiger partial charge in [0.2, 0.25) is 0 Å². The molecule has 1 aliphatic rings. The predicted octanol–water partition coefficient (Wildman–Crippen LogP) is 3.13.